The molecule has 5 nitrogen and oxygen atoms in total. The molecule has 1 heterocycles. The van der Waals surface area contributed by atoms with Crippen molar-refractivity contribution in [3.05, 3.63) is 40.4 Å². The Kier molecular flexibility index (Phi) is 3.53. The van der Waals surface area contributed by atoms with Crippen molar-refractivity contribution in [2.75, 3.05) is 7.11 Å². The van der Waals surface area contributed by atoms with E-state index in [9.17, 15) is 4.79 Å². The van der Waals surface area contributed by atoms with Crippen LogP contribution in [-0.2, 0) is 6.42 Å². The SMILES string of the molecule is COc1ccc(Br)c(CC(=O)c2ncn[nH]2)c1. The minimum Gasteiger partial charge on any atom is -0.497 e. The van der Waals surface area contributed by atoms with Crippen LogP contribution in [0.2, 0.25) is 0 Å². The zero-order chi connectivity index (χ0) is 12.3. The van der Waals surface area contributed by atoms with Crippen LogP contribution in [0.1, 0.15) is 16.2 Å². The van der Waals surface area contributed by atoms with Gasteiger partial charge in [-0.05, 0) is 23.8 Å². The molecule has 88 valence electrons. The number of benzene rings is 1. The Bertz CT molecular complexity index is 526. The third-order valence-corrected chi connectivity index (χ3v) is 3.06. The molecule has 0 fully saturated rings. The number of methoxy groups -OCH3 is 1. The van der Waals surface area contributed by atoms with Crippen LogP contribution in [0.15, 0.2) is 29.0 Å². The van der Waals surface area contributed by atoms with Crippen LogP contribution in [0.3, 0.4) is 0 Å². The first-order valence-corrected chi connectivity index (χ1v) is 5.71. The second-order valence-electron chi connectivity index (χ2n) is 3.39. The standard InChI is InChI=1S/C11H10BrN3O2/c1-17-8-2-3-9(12)7(4-8)5-10(16)11-13-6-14-15-11/h2-4,6H,5H2,1H3,(H,13,14,15). The maximum absolute atomic E-state index is 11.8. The number of carbonyl (C=O) groups is 1. The van der Waals surface area contributed by atoms with Gasteiger partial charge in [-0.1, -0.05) is 15.9 Å². The second-order valence-corrected chi connectivity index (χ2v) is 4.25. The number of nitrogens with one attached hydrogen (secondary N) is 1. The molecule has 6 heteroatoms. The zero-order valence-corrected chi connectivity index (χ0v) is 10.7. The summed E-state index contributed by atoms with van der Waals surface area (Å²) in [7, 11) is 1.59. The van der Waals surface area contributed by atoms with Crippen LogP contribution < -0.4 is 4.74 Å². The van der Waals surface area contributed by atoms with Crippen molar-refractivity contribution in [1.82, 2.24) is 15.2 Å². The number of aromatic amines is 1. The van der Waals surface area contributed by atoms with Gasteiger partial charge in [-0.3, -0.25) is 9.89 Å². The molecule has 0 atom stereocenters. The van der Waals surface area contributed by atoms with Gasteiger partial charge in [0.2, 0.25) is 5.78 Å². The first-order chi connectivity index (χ1) is 8.20. The number of Topliss-reactive ketones (excluding diaryl/α,β-unsaturated/α-hetero) is 1. The van der Waals surface area contributed by atoms with E-state index in [-0.39, 0.29) is 18.0 Å². The number of carbonyl (C=O) groups excluding carboxylic acids is 1. The number of nitrogens with zero attached hydrogens (tertiary/aromatic N) is 2. The Labute approximate surface area is 106 Å². The Morgan fingerprint density at radius 2 is 2.35 bits per heavy atom. The van der Waals surface area contributed by atoms with E-state index < -0.39 is 0 Å². The van der Waals surface area contributed by atoms with Crippen molar-refractivity contribution in [1.29, 1.82) is 0 Å². The fraction of sp³-hybridized carbons (Fsp3) is 0.182. The van der Waals surface area contributed by atoms with Gasteiger partial charge in [0.15, 0.2) is 5.82 Å². The molecule has 0 unspecified atom stereocenters. The fourth-order valence-corrected chi connectivity index (χ4v) is 1.80. The number of ketones is 1. The number of halogens is 1. The van der Waals surface area contributed by atoms with E-state index in [1.54, 1.807) is 7.11 Å². The summed E-state index contributed by atoms with van der Waals surface area (Å²) in [5, 5.41) is 6.20. The first-order valence-electron chi connectivity index (χ1n) is 4.91. The average molecular weight is 296 g/mol. The molecule has 1 aromatic carbocycles. The van der Waals surface area contributed by atoms with Crippen molar-refractivity contribution in [2.24, 2.45) is 0 Å². The topological polar surface area (TPSA) is 67.9 Å². The lowest BCUT2D eigenvalue weighted by molar-refractivity contribution is 0.0983. The molecule has 0 radical (unpaired) electrons. The highest BCUT2D eigenvalue weighted by Gasteiger charge is 2.12. The van der Waals surface area contributed by atoms with Gasteiger partial charge in [0.1, 0.15) is 12.1 Å². The quantitative estimate of drug-likeness (QED) is 0.876. The first kappa shape index (κ1) is 11.8. The number of hydrogen-bond donors (Lipinski definition) is 1. The van der Waals surface area contributed by atoms with E-state index >= 15 is 0 Å². The minimum absolute atomic E-state index is 0.114. The summed E-state index contributed by atoms with van der Waals surface area (Å²) in [4.78, 5) is 15.7. The molecule has 0 spiro atoms. The molecular weight excluding hydrogens is 286 g/mol. The van der Waals surface area contributed by atoms with Crippen LogP contribution >= 0.6 is 15.9 Å². The molecule has 0 aliphatic heterocycles. The van der Waals surface area contributed by atoms with E-state index in [2.05, 4.69) is 31.1 Å². The lowest BCUT2D eigenvalue weighted by Crippen LogP contribution is -2.06. The fourth-order valence-electron chi connectivity index (χ4n) is 1.41. The molecule has 0 bridgehead atoms. The van der Waals surface area contributed by atoms with Crippen LogP contribution in [0.4, 0.5) is 0 Å². The van der Waals surface area contributed by atoms with Crippen LogP contribution in [0.5, 0.6) is 5.75 Å². The maximum Gasteiger partial charge on any atom is 0.203 e. The van der Waals surface area contributed by atoms with E-state index in [1.807, 2.05) is 18.2 Å². The molecule has 1 N–H and O–H groups in total. The van der Waals surface area contributed by atoms with Gasteiger partial charge in [-0.2, -0.15) is 5.10 Å². The number of hydrogen-bond acceptors (Lipinski definition) is 4. The Morgan fingerprint density at radius 1 is 1.53 bits per heavy atom. The summed E-state index contributed by atoms with van der Waals surface area (Å²) < 4.78 is 5.98. The van der Waals surface area contributed by atoms with Crippen molar-refractivity contribution in [3.8, 4) is 5.75 Å². The highest BCUT2D eigenvalue weighted by molar-refractivity contribution is 9.10. The van der Waals surface area contributed by atoms with Crippen LogP contribution in [0.25, 0.3) is 0 Å². The summed E-state index contributed by atoms with van der Waals surface area (Å²) in [5.74, 6) is 0.866. The van der Waals surface area contributed by atoms with Crippen molar-refractivity contribution < 1.29 is 9.53 Å². The maximum atomic E-state index is 11.8. The summed E-state index contributed by atoms with van der Waals surface area (Å²) in [6, 6.07) is 5.49. The molecule has 0 aliphatic carbocycles. The molecule has 17 heavy (non-hydrogen) atoms. The number of H-pyrrole nitrogens is 1. The Balaban J connectivity index is 2.21. The highest BCUT2D eigenvalue weighted by Crippen LogP contribution is 2.23. The van der Waals surface area contributed by atoms with Gasteiger partial charge in [-0.25, -0.2) is 4.98 Å². The highest BCUT2D eigenvalue weighted by atomic mass is 79.9. The van der Waals surface area contributed by atoms with E-state index in [0.29, 0.717) is 5.75 Å². The molecule has 0 saturated carbocycles. The normalized spacial score (nSPS) is 10.2. The molecule has 0 saturated heterocycles. The van der Waals surface area contributed by atoms with Crippen molar-refractivity contribution >= 4 is 21.7 Å². The Morgan fingerprint density at radius 3 is 3.00 bits per heavy atom. The summed E-state index contributed by atoms with van der Waals surface area (Å²) in [6.07, 6.45) is 1.56. The van der Waals surface area contributed by atoms with Gasteiger partial charge in [0.25, 0.3) is 0 Å². The lowest BCUT2D eigenvalue weighted by Gasteiger charge is -2.05. The number of aromatic nitrogens is 3. The average Bonchev–Trinajstić information content (AvgIpc) is 2.85. The Hall–Kier alpha value is -1.69. The third-order valence-electron chi connectivity index (χ3n) is 2.28. The van der Waals surface area contributed by atoms with E-state index in [1.165, 1.54) is 6.33 Å². The second kappa shape index (κ2) is 5.09. The van der Waals surface area contributed by atoms with Gasteiger partial charge in [-0.15, -0.1) is 0 Å². The smallest absolute Gasteiger partial charge is 0.203 e. The lowest BCUT2D eigenvalue weighted by atomic mass is 10.1. The van der Waals surface area contributed by atoms with Gasteiger partial charge in [0.05, 0.1) is 7.11 Å². The molecule has 0 aliphatic rings. The van der Waals surface area contributed by atoms with Gasteiger partial charge in [0, 0.05) is 10.9 Å². The number of ether oxygens (including phenoxy) is 1. The van der Waals surface area contributed by atoms with Gasteiger partial charge >= 0.3 is 0 Å². The summed E-state index contributed by atoms with van der Waals surface area (Å²) >= 11 is 3.40. The molecule has 1 aromatic heterocycles. The summed E-state index contributed by atoms with van der Waals surface area (Å²) in [6.45, 7) is 0. The monoisotopic (exact) mass is 295 g/mol. The summed E-state index contributed by atoms with van der Waals surface area (Å²) in [5.41, 5.74) is 0.853. The largest absolute Gasteiger partial charge is 0.497 e. The zero-order valence-electron chi connectivity index (χ0n) is 9.11. The molecule has 2 aromatic rings. The molecular formula is C11H10BrN3O2. The van der Waals surface area contributed by atoms with Crippen molar-refractivity contribution in [3.63, 3.8) is 0 Å². The van der Waals surface area contributed by atoms with Gasteiger partial charge < -0.3 is 4.74 Å². The third kappa shape index (κ3) is 2.71. The van der Waals surface area contributed by atoms with E-state index in [4.69, 9.17) is 4.74 Å². The van der Waals surface area contributed by atoms with E-state index in [0.717, 1.165) is 10.0 Å². The minimum atomic E-state index is -0.114. The van der Waals surface area contributed by atoms with Crippen molar-refractivity contribution in [2.45, 2.75) is 6.42 Å². The van der Waals surface area contributed by atoms with Crippen LogP contribution in [-0.4, -0.2) is 28.1 Å². The molecule has 2 rings (SSSR count). The van der Waals surface area contributed by atoms with Crippen LogP contribution in [0, 0.1) is 0 Å². The predicted octanol–water partition coefficient (Wildman–Crippen LogP) is 2.00. The molecule has 0 amide bonds. The predicted molar refractivity (Wildman–Crippen MR) is 65.1 cm³/mol. The number of rotatable bonds is 4.